The average molecular weight is 703 g/mol. The maximum atomic E-state index is 14.5. The number of amides is 4. The van der Waals surface area contributed by atoms with Gasteiger partial charge in [0, 0.05) is 35.6 Å². The highest BCUT2D eigenvalue weighted by atomic mass is 16.2. The molecular formula is C44H54N4O4. The highest BCUT2D eigenvalue weighted by Gasteiger charge is 2.38. The van der Waals surface area contributed by atoms with Crippen LogP contribution in [-0.4, -0.2) is 23.6 Å². The molecule has 2 atom stereocenters. The lowest BCUT2D eigenvalue weighted by Gasteiger charge is -2.27. The van der Waals surface area contributed by atoms with E-state index in [0.717, 1.165) is 22.3 Å². The van der Waals surface area contributed by atoms with E-state index in [2.05, 4.69) is 21.3 Å². The van der Waals surface area contributed by atoms with Gasteiger partial charge in [-0.15, -0.1) is 0 Å². The van der Waals surface area contributed by atoms with Gasteiger partial charge in [0.1, 0.15) is 0 Å². The molecule has 0 spiro atoms. The predicted molar refractivity (Wildman–Crippen MR) is 213 cm³/mol. The van der Waals surface area contributed by atoms with Crippen LogP contribution in [0.1, 0.15) is 114 Å². The van der Waals surface area contributed by atoms with E-state index in [-0.39, 0.29) is 36.5 Å². The Labute approximate surface area is 309 Å². The van der Waals surface area contributed by atoms with Crippen molar-refractivity contribution in [3.8, 4) is 0 Å². The van der Waals surface area contributed by atoms with Gasteiger partial charge in [0.15, 0.2) is 0 Å². The van der Waals surface area contributed by atoms with Crippen LogP contribution in [0.25, 0.3) is 0 Å². The molecule has 4 amide bonds. The number of carbonyl (C=O) groups is 4. The number of benzene rings is 4. The van der Waals surface area contributed by atoms with E-state index in [9.17, 15) is 19.2 Å². The minimum Gasteiger partial charge on any atom is -0.326 e. The Bertz CT molecular complexity index is 1730. The van der Waals surface area contributed by atoms with Gasteiger partial charge in [0.2, 0.25) is 23.6 Å². The lowest BCUT2D eigenvalue weighted by Crippen LogP contribution is -2.41. The van der Waals surface area contributed by atoms with Crippen molar-refractivity contribution in [1.29, 1.82) is 0 Å². The summed E-state index contributed by atoms with van der Waals surface area (Å²) in [7, 11) is 0. The molecule has 8 nitrogen and oxygen atoms in total. The zero-order chi connectivity index (χ0) is 37.9. The molecule has 0 aromatic heterocycles. The smallest absolute Gasteiger partial charge is 0.228 e. The summed E-state index contributed by atoms with van der Waals surface area (Å²) in [5, 5.41) is 12.1. The maximum Gasteiger partial charge on any atom is 0.228 e. The van der Waals surface area contributed by atoms with Crippen molar-refractivity contribution < 1.29 is 19.2 Å². The molecular weight excluding hydrogens is 649 g/mol. The van der Waals surface area contributed by atoms with Crippen LogP contribution in [0.4, 0.5) is 22.7 Å². The third-order valence-corrected chi connectivity index (χ3v) is 9.36. The lowest BCUT2D eigenvalue weighted by molar-refractivity contribution is -0.134. The Morgan fingerprint density at radius 1 is 0.385 bits per heavy atom. The monoisotopic (exact) mass is 702 g/mol. The first-order valence-electron chi connectivity index (χ1n) is 18.3. The van der Waals surface area contributed by atoms with Crippen LogP contribution in [0, 0.1) is 11.8 Å². The summed E-state index contributed by atoms with van der Waals surface area (Å²) in [6.07, 6.45) is -0.663. The molecule has 0 radical (unpaired) electrons. The van der Waals surface area contributed by atoms with Crippen LogP contribution in [-0.2, 0) is 19.2 Å². The first kappa shape index (κ1) is 39.5. The van der Waals surface area contributed by atoms with Crippen molar-refractivity contribution in [3.63, 3.8) is 0 Å². The van der Waals surface area contributed by atoms with E-state index in [1.165, 1.54) is 0 Å². The third kappa shape index (κ3) is 10.4. The summed E-state index contributed by atoms with van der Waals surface area (Å²) < 4.78 is 0. The standard InChI is InChI=1S/C44H54N4O4/c1-27(2)31-17-9-13-21-37(31)45-41(49)25-35(43(51)47-39-23-15-11-19-33(39)29(5)6)36(44(52)48-40-24-16-12-20-34(40)30(7)8)26-42(50)46-38-22-14-10-18-32(38)28(3)4/h9-24,27-30,35-36H,25-26H2,1-8H3,(H,45,49)(H,46,50)(H,47,51)(H,48,52). The number of hydrogen-bond donors (Lipinski definition) is 4. The Hall–Kier alpha value is -5.24. The van der Waals surface area contributed by atoms with E-state index in [4.69, 9.17) is 0 Å². The predicted octanol–water partition coefficient (Wildman–Crippen LogP) is 10.0. The van der Waals surface area contributed by atoms with Crippen LogP contribution in [0.15, 0.2) is 97.1 Å². The van der Waals surface area contributed by atoms with Crippen molar-refractivity contribution in [2.45, 2.75) is 91.9 Å². The van der Waals surface area contributed by atoms with E-state index < -0.39 is 35.5 Å². The van der Waals surface area contributed by atoms with Crippen molar-refractivity contribution >= 4 is 46.4 Å². The normalized spacial score (nSPS) is 12.5. The quantitative estimate of drug-likeness (QED) is 0.0987. The van der Waals surface area contributed by atoms with E-state index >= 15 is 0 Å². The van der Waals surface area contributed by atoms with Crippen molar-refractivity contribution in [1.82, 2.24) is 0 Å². The second kappa shape index (κ2) is 18.3. The molecule has 0 aliphatic carbocycles. The second-order valence-electron chi connectivity index (χ2n) is 14.7. The van der Waals surface area contributed by atoms with Crippen molar-refractivity contribution in [2.75, 3.05) is 21.3 Å². The highest BCUT2D eigenvalue weighted by molar-refractivity contribution is 6.05. The topological polar surface area (TPSA) is 116 Å². The molecule has 4 aromatic carbocycles. The molecule has 0 saturated heterocycles. The molecule has 0 heterocycles. The Morgan fingerprint density at radius 2 is 0.615 bits per heavy atom. The number of nitrogens with one attached hydrogen (secondary N) is 4. The van der Waals surface area contributed by atoms with Gasteiger partial charge in [-0.1, -0.05) is 128 Å². The van der Waals surface area contributed by atoms with Gasteiger partial charge in [0.25, 0.3) is 0 Å². The minimum atomic E-state index is -1.20. The Morgan fingerprint density at radius 3 is 0.865 bits per heavy atom. The van der Waals surface area contributed by atoms with E-state index in [1.54, 1.807) is 0 Å². The van der Waals surface area contributed by atoms with Gasteiger partial charge >= 0.3 is 0 Å². The van der Waals surface area contributed by atoms with Gasteiger partial charge in [-0.05, 0) is 70.2 Å². The van der Waals surface area contributed by atoms with Crippen molar-refractivity contribution in [3.05, 3.63) is 119 Å². The number of para-hydroxylation sites is 4. The molecule has 52 heavy (non-hydrogen) atoms. The number of carbonyl (C=O) groups excluding carboxylic acids is 4. The fraction of sp³-hybridized carbons (Fsp3) is 0.364. The summed E-state index contributed by atoms with van der Waals surface area (Å²) in [6.45, 7) is 16.3. The molecule has 0 fully saturated rings. The third-order valence-electron chi connectivity index (χ3n) is 9.36. The van der Waals surface area contributed by atoms with Gasteiger partial charge < -0.3 is 21.3 Å². The van der Waals surface area contributed by atoms with Crippen LogP contribution in [0.3, 0.4) is 0 Å². The first-order chi connectivity index (χ1) is 24.8. The molecule has 4 N–H and O–H groups in total. The second-order valence-corrected chi connectivity index (χ2v) is 14.7. The summed E-state index contributed by atoms with van der Waals surface area (Å²) in [6, 6.07) is 30.1. The number of anilines is 4. The summed E-state index contributed by atoms with van der Waals surface area (Å²) >= 11 is 0. The van der Waals surface area contributed by atoms with Gasteiger partial charge in [-0.3, -0.25) is 19.2 Å². The molecule has 4 aromatic rings. The van der Waals surface area contributed by atoms with Crippen LogP contribution in [0.5, 0.6) is 0 Å². The van der Waals surface area contributed by atoms with E-state index in [1.807, 2.05) is 152 Å². The highest BCUT2D eigenvalue weighted by Crippen LogP contribution is 2.32. The molecule has 8 heteroatoms. The van der Waals surface area contributed by atoms with E-state index in [0.29, 0.717) is 22.7 Å². The van der Waals surface area contributed by atoms with Crippen LogP contribution >= 0.6 is 0 Å². The first-order valence-corrected chi connectivity index (χ1v) is 18.3. The summed E-state index contributed by atoms with van der Waals surface area (Å²) in [5.41, 5.74) is 6.20. The molecule has 0 aliphatic rings. The Kier molecular flexibility index (Phi) is 13.9. The average Bonchev–Trinajstić information content (AvgIpc) is 3.10. The fourth-order valence-corrected chi connectivity index (χ4v) is 6.55. The van der Waals surface area contributed by atoms with Crippen molar-refractivity contribution in [2.24, 2.45) is 11.8 Å². The largest absolute Gasteiger partial charge is 0.326 e. The SMILES string of the molecule is CC(C)c1ccccc1NC(=O)CC(C(=O)Nc1ccccc1C(C)C)C(CC(=O)Nc1ccccc1C(C)C)C(=O)Nc1ccccc1C(C)C. The molecule has 4 rings (SSSR count). The molecule has 2 unspecified atom stereocenters. The number of hydrogen-bond acceptors (Lipinski definition) is 4. The van der Waals surface area contributed by atoms with Gasteiger partial charge in [0.05, 0.1) is 11.8 Å². The summed E-state index contributed by atoms with van der Waals surface area (Å²) in [4.78, 5) is 56.9. The molecule has 0 bridgehead atoms. The van der Waals surface area contributed by atoms with Crippen LogP contribution in [0.2, 0.25) is 0 Å². The molecule has 0 aliphatic heterocycles. The number of rotatable bonds is 15. The minimum absolute atomic E-state index is 0.101. The zero-order valence-electron chi connectivity index (χ0n) is 31.7. The maximum absolute atomic E-state index is 14.5. The molecule has 274 valence electrons. The van der Waals surface area contributed by atoms with Gasteiger partial charge in [-0.2, -0.15) is 0 Å². The fourth-order valence-electron chi connectivity index (χ4n) is 6.55. The summed E-state index contributed by atoms with van der Waals surface area (Å²) in [5.74, 6) is -3.84. The van der Waals surface area contributed by atoms with Crippen LogP contribution < -0.4 is 21.3 Å². The molecule has 0 saturated carbocycles. The lowest BCUT2D eigenvalue weighted by atomic mass is 9.84. The zero-order valence-corrected chi connectivity index (χ0v) is 31.7. The Balaban J connectivity index is 1.77. The van der Waals surface area contributed by atoms with Gasteiger partial charge in [-0.25, -0.2) is 0 Å².